The molecule has 1 aliphatic carbocycles. The van der Waals surface area contributed by atoms with Crippen LogP contribution in [0.3, 0.4) is 0 Å². The molecule has 0 aliphatic heterocycles. The first-order valence-corrected chi connectivity index (χ1v) is 7.41. The van der Waals surface area contributed by atoms with Crippen LogP contribution in [0.5, 0.6) is 0 Å². The van der Waals surface area contributed by atoms with Crippen LogP contribution in [0.25, 0.3) is 0 Å². The minimum absolute atomic E-state index is 0.120. The van der Waals surface area contributed by atoms with Gasteiger partial charge >= 0.3 is 6.03 Å². The quantitative estimate of drug-likeness (QED) is 0.746. The maximum atomic E-state index is 11.8. The zero-order chi connectivity index (χ0) is 14.6. The normalized spacial score (nSPS) is 17.4. The third kappa shape index (κ3) is 4.23. The van der Waals surface area contributed by atoms with Crippen LogP contribution in [0.2, 0.25) is 0 Å². The maximum absolute atomic E-state index is 11.8. The van der Waals surface area contributed by atoms with Crippen LogP contribution in [0, 0.1) is 5.41 Å². The summed E-state index contributed by atoms with van der Waals surface area (Å²) in [6.07, 6.45) is 2.43. The summed E-state index contributed by atoms with van der Waals surface area (Å²) < 4.78 is 0. The molecule has 0 radical (unpaired) electrons. The van der Waals surface area contributed by atoms with Crippen molar-refractivity contribution in [3.63, 3.8) is 0 Å². The monoisotopic (exact) mass is 275 g/mol. The van der Waals surface area contributed by atoms with Gasteiger partial charge in [0.15, 0.2) is 0 Å². The number of anilines is 1. The van der Waals surface area contributed by atoms with Gasteiger partial charge in [0.05, 0.1) is 0 Å². The van der Waals surface area contributed by atoms with Gasteiger partial charge in [0.2, 0.25) is 0 Å². The van der Waals surface area contributed by atoms with Crippen LogP contribution >= 0.6 is 0 Å². The van der Waals surface area contributed by atoms with Crippen molar-refractivity contribution >= 4 is 11.7 Å². The number of hydrogen-bond donors (Lipinski definition) is 3. The van der Waals surface area contributed by atoms with Crippen LogP contribution in [0.4, 0.5) is 10.5 Å². The average Bonchev–Trinajstić information content (AvgIpc) is 3.16. The van der Waals surface area contributed by atoms with Crippen LogP contribution in [0.1, 0.15) is 45.2 Å². The number of hydrogen-bond acceptors (Lipinski definition) is 2. The first kappa shape index (κ1) is 14.9. The second-order valence-electron chi connectivity index (χ2n) is 6.02. The van der Waals surface area contributed by atoms with E-state index in [1.807, 2.05) is 24.3 Å². The summed E-state index contributed by atoms with van der Waals surface area (Å²) >= 11 is 0. The van der Waals surface area contributed by atoms with Crippen molar-refractivity contribution in [1.29, 1.82) is 0 Å². The topological polar surface area (TPSA) is 53.2 Å². The van der Waals surface area contributed by atoms with Crippen LogP contribution in [-0.2, 0) is 0 Å². The molecule has 4 nitrogen and oxygen atoms in total. The summed E-state index contributed by atoms with van der Waals surface area (Å²) in [4.78, 5) is 11.8. The Bertz CT molecular complexity index is 451. The molecule has 0 saturated heterocycles. The Morgan fingerprint density at radius 1 is 1.30 bits per heavy atom. The fraction of sp³-hybridized carbons (Fsp3) is 0.562. The number of carbonyl (C=O) groups excluding carboxylic acids is 1. The summed E-state index contributed by atoms with van der Waals surface area (Å²) in [7, 11) is 0. The molecule has 1 aliphatic rings. The maximum Gasteiger partial charge on any atom is 0.319 e. The molecule has 1 atom stereocenters. The zero-order valence-corrected chi connectivity index (χ0v) is 12.6. The Kier molecular flexibility index (Phi) is 4.65. The molecule has 1 aromatic carbocycles. The summed E-state index contributed by atoms with van der Waals surface area (Å²) in [5.74, 6) is 0. The lowest BCUT2D eigenvalue weighted by molar-refractivity contribution is 0.250. The van der Waals surface area contributed by atoms with Gasteiger partial charge in [-0.15, -0.1) is 0 Å². The van der Waals surface area contributed by atoms with E-state index >= 15 is 0 Å². The Labute approximate surface area is 121 Å². The standard InChI is InChI=1S/C16H25N3O/c1-4-17-12(2)13-5-7-14(8-6-13)19-15(20)18-11-16(3)9-10-16/h5-8,12,17H,4,9-11H2,1-3H3,(H2,18,19,20). The highest BCUT2D eigenvalue weighted by atomic mass is 16.2. The molecular formula is C16H25N3O. The Balaban J connectivity index is 1.82. The molecular weight excluding hydrogens is 250 g/mol. The predicted octanol–water partition coefficient (Wildman–Crippen LogP) is 3.28. The lowest BCUT2D eigenvalue weighted by atomic mass is 10.1. The fourth-order valence-corrected chi connectivity index (χ4v) is 2.14. The van der Waals surface area contributed by atoms with Crippen molar-refractivity contribution in [2.24, 2.45) is 5.41 Å². The molecule has 0 spiro atoms. The molecule has 0 aromatic heterocycles. The molecule has 2 rings (SSSR count). The lowest BCUT2D eigenvalue weighted by Gasteiger charge is -2.14. The van der Waals surface area contributed by atoms with Gasteiger partial charge < -0.3 is 16.0 Å². The number of amides is 2. The highest BCUT2D eigenvalue weighted by molar-refractivity contribution is 5.89. The van der Waals surface area contributed by atoms with Crippen molar-refractivity contribution in [3.05, 3.63) is 29.8 Å². The second kappa shape index (κ2) is 6.27. The van der Waals surface area contributed by atoms with E-state index < -0.39 is 0 Å². The first-order chi connectivity index (χ1) is 9.52. The summed E-state index contributed by atoms with van der Waals surface area (Å²) in [6.45, 7) is 8.13. The van der Waals surface area contributed by atoms with Gasteiger partial charge in [0.25, 0.3) is 0 Å². The number of benzene rings is 1. The third-order valence-corrected chi connectivity index (χ3v) is 3.96. The van der Waals surface area contributed by atoms with Crippen LogP contribution in [-0.4, -0.2) is 19.1 Å². The van der Waals surface area contributed by atoms with E-state index in [1.165, 1.54) is 18.4 Å². The number of rotatable bonds is 6. The van der Waals surface area contributed by atoms with E-state index in [-0.39, 0.29) is 6.03 Å². The van der Waals surface area contributed by atoms with Gasteiger partial charge in [-0.3, -0.25) is 0 Å². The molecule has 1 fully saturated rings. The minimum atomic E-state index is -0.120. The van der Waals surface area contributed by atoms with Gasteiger partial charge in [0, 0.05) is 18.3 Å². The molecule has 1 aromatic rings. The summed E-state index contributed by atoms with van der Waals surface area (Å²) in [5.41, 5.74) is 2.39. The van der Waals surface area contributed by atoms with Gasteiger partial charge in [-0.25, -0.2) is 4.79 Å². The fourth-order valence-electron chi connectivity index (χ4n) is 2.14. The summed E-state index contributed by atoms with van der Waals surface area (Å²) in [6, 6.07) is 8.20. The zero-order valence-electron chi connectivity index (χ0n) is 12.6. The Morgan fingerprint density at radius 3 is 2.50 bits per heavy atom. The van der Waals surface area contributed by atoms with Crippen molar-refractivity contribution < 1.29 is 4.79 Å². The Hall–Kier alpha value is -1.55. The van der Waals surface area contributed by atoms with Gasteiger partial charge in [0.1, 0.15) is 0 Å². The number of nitrogens with one attached hydrogen (secondary N) is 3. The molecule has 1 saturated carbocycles. The van der Waals surface area contributed by atoms with E-state index in [0.717, 1.165) is 18.8 Å². The SMILES string of the molecule is CCNC(C)c1ccc(NC(=O)NCC2(C)CC2)cc1. The molecule has 110 valence electrons. The van der Waals surface area contributed by atoms with Crippen LogP contribution in [0.15, 0.2) is 24.3 Å². The molecule has 20 heavy (non-hydrogen) atoms. The molecule has 3 N–H and O–H groups in total. The van der Waals surface area contributed by atoms with Crippen molar-refractivity contribution in [3.8, 4) is 0 Å². The van der Waals surface area contributed by atoms with Crippen molar-refractivity contribution in [2.75, 3.05) is 18.4 Å². The molecule has 2 amide bonds. The van der Waals surface area contributed by atoms with Crippen molar-refractivity contribution in [1.82, 2.24) is 10.6 Å². The predicted molar refractivity (Wildman–Crippen MR) is 82.9 cm³/mol. The van der Waals surface area contributed by atoms with Crippen molar-refractivity contribution in [2.45, 2.75) is 39.7 Å². The molecule has 1 unspecified atom stereocenters. The molecule has 0 bridgehead atoms. The molecule has 0 heterocycles. The van der Waals surface area contributed by atoms with E-state index in [4.69, 9.17) is 0 Å². The minimum Gasteiger partial charge on any atom is -0.337 e. The van der Waals surface area contributed by atoms with Gasteiger partial charge in [-0.2, -0.15) is 0 Å². The smallest absolute Gasteiger partial charge is 0.319 e. The Morgan fingerprint density at radius 2 is 1.95 bits per heavy atom. The molecule has 4 heteroatoms. The van der Waals surface area contributed by atoms with E-state index in [0.29, 0.717) is 11.5 Å². The lowest BCUT2D eigenvalue weighted by Crippen LogP contribution is -2.32. The highest BCUT2D eigenvalue weighted by Crippen LogP contribution is 2.43. The second-order valence-corrected chi connectivity index (χ2v) is 6.02. The number of carbonyl (C=O) groups is 1. The third-order valence-electron chi connectivity index (χ3n) is 3.96. The highest BCUT2D eigenvalue weighted by Gasteiger charge is 2.37. The van der Waals surface area contributed by atoms with Gasteiger partial charge in [-0.05, 0) is 49.4 Å². The van der Waals surface area contributed by atoms with E-state index in [9.17, 15) is 4.79 Å². The van der Waals surface area contributed by atoms with E-state index in [1.54, 1.807) is 0 Å². The van der Waals surface area contributed by atoms with Gasteiger partial charge in [-0.1, -0.05) is 26.0 Å². The van der Waals surface area contributed by atoms with Crippen LogP contribution < -0.4 is 16.0 Å². The largest absolute Gasteiger partial charge is 0.337 e. The first-order valence-electron chi connectivity index (χ1n) is 7.41. The average molecular weight is 275 g/mol. The number of urea groups is 1. The van der Waals surface area contributed by atoms with E-state index in [2.05, 4.69) is 36.7 Å². The summed E-state index contributed by atoms with van der Waals surface area (Å²) in [5, 5.41) is 9.17.